The number of hydrogen-bond donors (Lipinski definition) is 0. The molecule has 0 radical (unpaired) electrons. The largest absolute Gasteiger partial charge is 0.496 e. The zero-order chi connectivity index (χ0) is 15.4. The van der Waals surface area contributed by atoms with Crippen molar-refractivity contribution in [1.82, 2.24) is 4.90 Å². The lowest BCUT2D eigenvalue weighted by molar-refractivity contribution is -0.00461. The van der Waals surface area contributed by atoms with Gasteiger partial charge >= 0.3 is 0 Å². The lowest BCUT2D eigenvalue weighted by Crippen LogP contribution is -2.29. The molecule has 5 nitrogen and oxygen atoms in total. The molecular weight excluding hydrogens is 338 g/mol. The van der Waals surface area contributed by atoms with Gasteiger partial charge in [-0.05, 0) is 34.1 Å². The second kappa shape index (κ2) is 7.35. The quantitative estimate of drug-likeness (QED) is 0.728. The van der Waals surface area contributed by atoms with Crippen LogP contribution in [0.4, 0.5) is 0 Å². The number of ketones is 1. The number of methoxy groups -OCH3 is 3. The fourth-order valence-electron chi connectivity index (χ4n) is 2.53. The van der Waals surface area contributed by atoms with Gasteiger partial charge in [0.2, 0.25) is 0 Å². The number of hydrogen-bond acceptors (Lipinski definition) is 5. The molecule has 0 bridgehead atoms. The van der Waals surface area contributed by atoms with E-state index < -0.39 is 0 Å². The minimum Gasteiger partial charge on any atom is -0.496 e. The molecule has 0 amide bonds. The van der Waals surface area contributed by atoms with Crippen molar-refractivity contribution < 1.29 is 19.0 Å². The van der Waals surface area contributed by atoms with E-state index in [1.807, 2.05) is 0 Å². The number of ether oxygens (including phenoxy) is 3. The van der Waals surface area contributed by atoms with Crippen LogP contribution in [0.1, 0.15) is 10.4 Å². The summed E-state index contributed by atoms with van der Waals surface area (Å²) in [6.45, 7) is 1.77. The lowest BCUT2D eigenvalue weighted by Gasteiger charge is -2.14. The summed E-state index contributed by atoms with van der Waals surface area (Å²) in [7, 11) is 4.94. The van der Waals surface area contributed by atoms with Crippen LogP contribution in [0, 0.1) is 0 Å². The maximum atomic E-state index is 12.4. The number of benzene rings is 1. The summed E-state index contributed by atoms with van der Waals surface area (Å²) in [5.41, 5.74) is 0.664. The SMILES string of the molecule is COc1ccc(C(=O)CN2CC(OC)C(OC)C2)cc1Br. The summed E-state index contributed by atoms with van der Waals surface area (Å²) in [5, 5.41) is 0. The number of carbonyl (C=O) groups excluding carboxylic acids is 1. The van der Waals surface area contributed by atoms with Gasteiger partial charge in [-0.1, -0.05) is 0 Å². The number of carbonyl (C=O) groups is 1. The Bertz CT molecular complexity index is 496. The Labute approximate surface area is 133 Å². The Morgan fingerprint density at radius 1 is 1.24 bits per heavy atom. The van der Waals surface area contributed by atoms with Crippen molar-refractivity contribution in [2.24, 2.45) is 0 Å². The van der Waals surface area contributed by atoms with Crippen LogP contribution < -0.4 is 4.74 Å². The molecule has 6 heteroatoms. The summed E-state index contributed by atoms with van der Waals surface area (Å²) in [5.74, 6) is 0.788. The number of Topliss-reactive ketones (excluding diaryl/α,β-unsaturated/α-hetero) is 1. The summed E-state index contributed by atoms with van der Waals surface area (Å²) in [6.07, 6.45) is 0.0378. The van der Waals surface area contributed by atoms with Crippen LogP contribution in [0.15, 0.2) is 22.7 Å². The Morgan fingerprint density at radius 3 is 2.33 bits per heavy atom. The molecule has 1 heterocycles. The molecule has 1 aliphatic heterocycles. The van der Waals surface area contributed by atoms with Crippen LogP contribution in [0.2, 0.25) is 0 Å². The summed E-state index contributed by atoms with van der Waals surface area (Å²) in [4.78, 5) is 14.4. The van der Waals surface area contributed by atoms with E-state index in [9.17, 15) is 4.79 Å². The molecule has 21 heavy (non-hydrogen) atoms. The molecule has 2 atom stereocenters. The Balaban J connectivity index is 2.00. The van der Waals surface area contributed by atoms with Crippen molar-refractivity contribution in [2.45, 2.75) is 12.2 Å². The predicted octanol–water partition coefficient (Wildman–Crippen LogP) is 1.99. The van der Waals surface area contributed by atoms with Crippen molar-refractivity contribution in [3.63, 3.8) is 0 Å². The number of halogens is 1. The molecular formula is C15H20BrNO4. The lowest BCUT2D eigenvalue weighted by atomic mass is 10.1. The molecule has 1 aromatic rings. The van der Waals surface area contributed by atoms with Gasteiger partial charge in [-0.25, -0.2) is 0 Å². The minimum atomic E-state index is 0.0189. The second-order valence-corrected chi connectivity index (χ2v) is 5.87. The van der Waals surface area contributed by atoms with E-state index in [-0.39, 0.29) is 18.0 Å². The smallest absolute Gasteiger partial charge is 0.176 e. The van der Waals surface area contributed by atoms with Gasteiger partial charge in [0.1, 0.15) is 5.75 Å². The van der Waals surface area contributed by atoms with Gasteiger partial charge in [0.25, 0.3) is 0 Å². The van der Waals surface area contributed by atoms with Crippen LogP contribution in [0.3, 0.4) is 0 Å². The first-order valence-corrected chi connectivity index (χ1v) is 7.53. The highest BCUT2D eigenvalue weighted by Gasteiger charge is 2.33. The van der Waals surface area contributed by atoms with Crippen molar-refractivity contribution in [3.8, 4) is 5.75 Å². The van der Waals surface area contributed by atoms with Crippen LogP contribution in [0.5, 0.6) is 5.75 Å². The van der Waals surface area contributed by atoms with Crippen molar-refractivity contribution in [1.29, 1.82) is 0 Å². The molecule has 0 saturated carbocycles. The van der Waals surface area contributed by atoms with Gasteiger partial charge in [-0.3, -0.25) is 9.69 Å². The predicted molar refractivity (Wildman–Crippen MR) is 83.1 cm³/mol. The second-order valence-electron chi connectivity index (χ2n) is 5.01. The molecule has 0 aromatic heterocycles. The van der Waals surface area contributed by atoms with Crippen LogP contribution in [0.25, 0.3) is 0 Å². The van der Waals surface area contributed by atoms with Crippen LogP contribution in [-0.2, 0) is 9.47 Å². The van der Waals surface area contributed by atoms with E-state index in [2.05, 4.69) is 20.8 Å². The highest BCUT2D eigenvalue weighted by Crippen LogP contribution is 2.26. The fraction of sp³-hybridized carbons (Fsp3) is 0.533. The Kier molecular flexibility index (Phi) is 5.75. The van der Waals surface area contributed by atoms with Gasteiger partial charge < -0.3 is 14.2 Å². The Morgan fingerprint density at radius 2 is 1.86 bits per heavy atom. The minimum absolute atomic E-state index is 0.0189. The third-order valence-corrected chi connectivity index (χ3v) is 4.36. The highest BCUT2D eigenvalue weighted by atomic mass is 79.9. The van der Waals surface area contributed by atoms with Crippen molar-refractivity contribution >= 4 is 21.7 Å². The van der Waals surface area contributed by atoms with E-state index in [0.29, 0.717) is 30.9 Å². The maximum Gasteiger partial charge on any atom is 0.176 e. The topological polar surface area (TPSA) is 48.0 Å². The molecule has 0 N–H and O–H groups in total. The first-order chi connectivity index (χ1) is 10.1. The van der Waals surface area contributed by atoms with Gasteiger partial charge in [0, 0.05) is 32.9 Å². The van der Waals surface area contributed by atoms with Gasteiger partial charge in [-0.15, -0.1) is 0 Å². The van der Waals surface area contributed by atoms with E-state index in [1.54, 1.807) is 39.5 Å². The first kappa shape index (κ1) is 16.4. The molecule has 116 valence electrons. The Hall–Kier alpha value is -0.950. The molecule has 0 spiro atoms. The normalized spacial score (nSPS) is 22.5. The fourth-order valence-corrected chi connectivity index (χ4v) is 3.08. The summed E-state index contributed by atoms with van der Waals surface area (Å²) < 4.78 is 16.7. The van der Waals surface area contributed by atoms with E-state index >= 15 is 0 Å². The maximum absolute atomic E-state index is 12.4. The van der Waals surface area contributed by atoms with Gasteiger partial charge in [0.15, 0.2) is 5.78 Å². The average Bonchev–Trinajstić information content (AvgIpc) is 2.89. The molecule has 2 rings (SSSR count). The molecule has 2 unspecified atom stereocenters. The summed E-state index contributed by atoms with van der Waals surface area (Å²) in [6, 6.07) is 5.36. The number of likely N-dealkylation sites (tertiary alicyclic amines) is 1. The van der Waals surface area contributed by atoms with Crippen LogP contribution >= 0.6 is 15.9 Å². The van der Waals surface area contributed by atoms with E-state index in [0.717, 1.165) is 4.47 Å². The third-order valence-electron chi connectivity index (χ3n) is 3.74. The molecule has 1 saturated heterocycles. The van der Waals surface area contributed by atoms with E-state index in [1.165, 1.54) is 0 Å². The molecule has 0 aliphatic carbocycles. The molecule has 1 aliphatic rings. The highest BCUT2D eigenvalue weighted by molar-refractivity contribution is 9.10. The zero-order valence-corrected chi connectivity index (χ0v) is 14.1. The number of nitrogens with zero attached hydrogens (tertiary/aromatic N) is 1. The standard InChI is InChI=1S/C15H20BrNO4/c1-19-13-5-4-10(6-11(13)16)12(18)7-17-8-14(20-2)15(9-17)21-3/h4-6,14-15H,7-9H2,1-3H3. The van der Waals surface area contributed by atoms with Gasteiger partial charge in [-0.2, -0.15) is 0 Å². The van der Waals surface area contributed by atoms with Crippen LogP contribution in [-0.4, -0.2) is 63.9 Å². The number of rotatable bonds is 6. The van der Waals surface area contributed by atoms with Crippen molar-refractivity contribution in [3.05, 3.63) is 28.2 Å². The average molecular weight is 358 g/mol. The molecule has 1 aromatic carbocycles. The third kappa shape index (κ3) is 3.83. The van der Waals surface area contributed by atoms with Crippen molar-refractivity contribution in [2.75, 3.05) is 41.0 Å². The zero-order valence-electron chi connectivity index (χ0n) is 12.5. The van der Waals surface area contributed by atoms with E-state index in [4.69, 9.17) is 14.2 Å². The van der Waals surface area contributed by atoms with Gasteiger partial charge in [0.05, 0.1) is 30.3 Å². The summed E-state index contributed by atoms with van der Waals surface area (Å²) >= 11 is 3.40. The molecule has 1 fully saturated rings. The monoisotopic (exact) mass is 357 g/mol. The first-order valence-electron chi connectivity index (χ1n) is 6.73.